The summed E-state index contributed by atoms with van der Waals surface area (Å²) < 4.78 is 20.6. The van der Waals surface area contributed by atoms with Crippen LogP contribution in [0.15, 0.2) is 109 Å². The third kappa shape index (κ3) is 3.69. The van der Waals surface area contributed by atoms with Crippen LogP contribution in [-0.2, 0) is 6.16 Å². The quantitative estimate of drug-likeness (QED) is 0.397. The lowest BCUT2D eigenvalue weighted by molar-refractivity contribution is 0.406. The van der Waals surface area contributed by atoms with Crippen LogP contribution < -0.4 is 20.7 Å². The Bertz CT molecular complexity index is 969. The first kappa shape index (κ1) is 19.4. The summed E-state index contributed by atoms with van der Waals surface area (Å²) in [7, 11) is -0.559. The topological polar surface area (TPSA) is 9.23 Å². The van der Waals surface area contributed by atoms with Crippen molar-refractivity contribution in [2.45, 2.75) is 6.16 Å². The Labute approximate surface area is 172 Å². The summed E-state index contributed by atoms with van der Waals surface area (Å²) in [6.07, 6.45) is 0.556. The fourth-order valence-electron chi connectivity index (χ4n) is 3.89. The summed E-state index contributed by atoms with van der Waals surface area (Å²) >= 11 is 0. The highest BCUT2D eigenvalue weighted by Gasteiger charge is 2.46. The molecule has 0 aliphatic heterocycles. The molecule has 0 amide bonds. The van der Waals surface area contributed by atoms with Gasteiger partial charge in [-0.1, -0.05) is 60.7 Å². The van der Waals surface area contributed by atoms with Crippen molar-refractivity contribution in [3.8, 4) is 5.75 Å². The molecule has 29 heavy (non-hydrogen) atoms. The molecule has 0 aliphatic rings. The highest BCUT2D eigenvalue weighted by atomic mass is 31.2. The molecule has 4 aromatic rings. The predicted molar refractivity (Wildman–Crippen MR) is 122 cm³/mol. The Morgan fingerprint density at radius 1 is 0.621 bits per heavy atom. The van der Waals surface area contributed by atoms with Gasteiger partial charge in [0.1, 0.15) is 40.9 Å². The van der Waals surface area contributed by atoms with E-state index in [0.29, 0.717) is 17.5 Å². The van der Waals surface area contributed by atoms with Crippen LogP contribution in [0.5, 0.6) is 5.75 Å². The van der Waals surface area contributed by atoms with Crippen LogP contribution in [0.2, 0.25) is 0 Å². The van der Waals surface area contributed by atoms with Crippen LogP contribution in [-0.4, -0.2) is 7.11 Å². The molecule has 0 spiro atoms. The smallest absolute Gasteiger partial charge is 0.133 e. The maximum atomic E-state index is 15.1. The summed E-state index contributed by atoms with van der Waals surface area (Å²) in [5.41, 5.74) is 0.625. The van der Waals surface area contributed by atoms with E-state index in [1.165, 1.54) is 22.0 Å². The van der Waals surface area contributed by atoms with Crippen molar-refractivity contribution < 1.29 is 9.13 Å². The highest BCUT2D eigenvalue weighted by Crippen LogP contribution is 2.59. The molecule has 0 N–H and O–H groups in total. The summed E-state index contributed by atoms with van der Waals surface area (Å²) in [5, 5.41) is 3.67. The van der Waals surface area contributed by atoms with E-state index in [-0.39, 0.29) is 5.82 Å². The molecule has 0 unspecified atom stereocenters. The van der Waals surface area contributed by atoms with E-state index >= 15 is 4.39 Å². The minimum Gasteiger partial charge on any atom is -0.496 e. The Hall–Kier alpha value is -2.96. The van der Waals surface area contributed by atoms with E-state index in [9.17, 15) is 0 Å². The van der Waals surface area contributed by atoms with Gasteiger partial charge in [0.15, 0.2) is 0 Å². The molecule has 0 saturated carbocycles. The average molecular weight is 401 g/mol. The second kappa shape index (κ2) is 8.59. The molecule has 0 bridgehead atoms. The molecule has 0 radical (unpaired) electrons. The van der Waals surface area contributed by atoms with Crippen LogP contribution in [0, 0.1) is 5.82 Å². The largest absolute Gasteiger partial charge is 0.496 e. The maximum Gasteiger partial charge on any atom is 0.133 e. The lowest BCUT2D eigenvalue weighted by Gasteiger charge is -2.28. The molecule has 0 saturated heterocycles. The second-order valence-corrected chi connectivity index (χ2v) is 10.4. The number of benzene rings is 4. The molecule has 0 heterocycles. The molecule has 0 aromatic heterocycles. The molecule has 0 fully saturated rings. The molecule has 1 nitrogen and oxygen atoms in total. The fourth-order valence-corrected chi connectivity index (χ4v) is 8.16. The van der Waals surface area contributed by atoms with Gasteiger partial charge in [0, 0.05) is 0 Å². The number of hydrogen-bond acceptors (Lipinski definition) is 1. The molecule has 4 aromatic carbocycles. The van der Waals surface area contributed by atoms with E-state index in [4.69, 9.17) is 4.74 Å². The molecule has 3 heteroatoms. The van der Waals surface area contributed by atoms with Gasteiger partial charge in [-0.3, -0.25) is 0 Å². The predicted octanol–water partition coefficient (Wildman–Crippen LogP) is 5.33. The summed E-state index contributed by atoms with van der Waals surface area (Å²) in [6.45, 7) is 0. The van der Waals surface area contributed by atoms with Crippen molar-refractivity contribution in [2.75, 3.05) is 7.11 Å². The Morgan fingerprint density at radius 3 is 1.48 bits per heavy atom. The molecular weight excluding hydrogens is 378 g/mol. The van der Waals surface area contributed by atoms with Gasteiger partial charge >= 0.3 is 0 Å². The van der Waals surface area contributed by atoms with Gasteiger partial charge in [0.05, 0.1) is 12.7 Å². The standard InChI is InChI=1S/C26H23FOP/c1-28-26-19-11-18-25(27)24(26)20-29(21-12-5-2-6-13-21,22-14-7-3-8-15-22)23-16-9-4-10-17-23/h2-19H,20H2,1H3/q+1. The first-order chi connectivity index (χ1) is 14.3. The van der Waals surface area contributed by atoms with Gasteiger partial charge in [-0.15, -0.1) is 0 Å². The summed E-state index contributed by atoms with van der Waals surface area (Å²) in [6, 6.07) is 36.5. The second-order valence-electron chi connectivity index (χ2n) is 6.90. The van der Waals surface area contributed by atoms with Crippen LogP contribution >= 0.6 is 7.26 Å². The number of hydrogen-bond donors (Lipinski definition) is 0. The van der Waals surface area contributed by atoms with Gasteiger partial charge in [0.2, 0.25) is 0 Å². The van der Waals surface area contributed by atoms with Gasteiger partial charge in [-0.25, -0.2) is 4.39 Å². The number of methoxy groups -OCH3 is 1. The third-order valence-corrected chi connectivity index (χ3v) is 9.61. The van der Waals surface area contributed by atoms with E-state index in [0.717, 1.165) is 0 Å². The van der Waals surface area contributed by atoms with Crippen molar-refractivity contribution in [3.63, 3.8) is 0 Å². The normalized spacial score (nSPS) is 11.2. The van der Waals surface area contributed by atoms with Gasteiger partial charge < -0.3 is 4.74 Å². The minimum absolute atomic E-state index is 0.225. The third-order valence-electron chi connectivity index (χ3n) is 5.28. The van der Waals surface area contributed by atoms with Crippen LogP contribution in [0.3, 0.4) is 0 Å². The molecule has 4 rings (SSSR count). The molecule has 0 atom stereocenters. The van der Waals surface area contributed by atoms with E-state index in [1.807, 2.05) is 24.3 Å². The molecule has 0 aliphatic carbocycles. The van der Waals surface area contributed by atoms with Crippen molar-refractivity contribution in [2.24, 2.45) is 0 Å². The molecule has 144 valence electrons. The Balaban J connectivity index is 2.04. The number of rotatable bonds is 6. The van der Waals surface area contributed by atoms with E-state index in [2.05, 4.69) is 72.8 Å². The van der Waals surface area contributed by atoms with Crippen LogP contribution in [0.25, 0.3) is 0 Å². The minimum atomic E-state index is -2.16. The first-order valence-electron chi connectivity index (χ1n) is 9.62. The lowest BCUT2D eigenvalue weighted by Crippen LogP contribution is -2.32. The van der Waals surface area contributed by atoms with Gasteiger partial charge in [-0.2, -0.15) is 0 Å². The number of ether oxygens (including phenoxy) is 1. The van der Waals surface area contributed by atoms with E-state index < -0.39 is 7.26 Å². The van der Waals surface area contributed by atoms with Crippen molar-refractivity contribution in [3.05, 3.63) is 121 Å². The monoisotopic (exact) mass is 401 g/mol. The fraction of sp³-hybridized carbons (Fsp3) is 0.0769. The SMILES string of the molecule is COc1cccc(F)c1C[P+](c1ccccc1)(c1ccccc1)c1ccccc1. The number of halogens is 1. The Kier molecular flexibility index (Phi) is 5.74. The lowest BCUT2D eigenvalue weighted by atomic mass is 10.2. The van der Waals surface area contributed by atoms with Gasteiger partial charge in [0.25, 0.3) is 0 Å². The van der Waals surface area contributed by atoms with Crippen molar-refractivity contribution >= 4 is 23.2 Å². The van der Waals surface area contributed by atoms with Crippen molar-refractivity contribution in [1.29, 1.82) is 0 Å². The zero-order valence-corrected chi connectivity index (χ0v) is 17.2. The maximum absolute atomic E-state index is 15.1. The summed E-state index contributed by atoms with van der Waals surface area (Å²) in [4.78, 5) is 0. The first-order valence-corrected chi connectivity index (χ1v) is 11.6. The van der Waals surface area contributed by atoms with Crippen LogP contribution in [0.4, 0.5) is 4.39 Å². The van der Waals surface area contributed by atoms with Crippen LogP contribution in [0.1, 0.15) is 5.56 Å². The zero-order valence-electron chi connectivity index (χ0n) is 16.3. The Morgan fingerprint density at radius 2 is 1.07 bits per heavy atom. The summed E-state index contributed by atoms with van der Waals surface area (Å²) in [5.74, 6) is 0.369. The van der Waals surface area contributed by atoms with Crippen molar-refractivity contribution in [1.82, 2.24) is 0 Å². The average Bonchev–Trinajstić information content (AvgIpc) is 2.80. The van der Waals surface area contributed by atoms with Gasteiger partial charge in [-0.05, 0) is 48.5 Å². The highest BCUT2D eigenvalue weighted by molar-refractivity contribution is 7.95. The molecular formula is C26H23FOP+. The zero-order chi connectivity index (χ0) is 20.1. The van der Waals surface area contributed by atoms with E-state index in [1.54, 1.807) is 13.2 Å².